The number of ether oxygens (including phenoxy) is 1. The first kappa shape index (κ1) is 36.6. The maximum atomic E-state index is 13.8. The van der Waals surface area contributed by atoms with Crippen molar-refractivity contribution < 1.29 is 39.2 Å². The number of anilines is 2. The molecule has 284 valence electrons. The van der Waals surface area contributed by atoms with Gasteiger partial charge in [0.2, 0.25) is 0 Å². The molecule has 1 aliphatic heterocycles. The Balaban J connectivity index is 1.35. The van der Waals surface area contributed by atoms with E-state index in [9.17, 15) is 34.8 Å². The first-order valence-corrected chi connectivity index (χ1v) is 17.8. The zero-order valence-corrected chi connectivity index (χ0v) is 30.4. The van der Waals surface area contributed by atoms with Crippen LogP contribution in [0.3, 0.4) is 0 Å². The van der Waals surface area contributed by atoms with E-state index in [4.69, 9.17) is 9.15 Å². The van der Waals surface area contributed by atoms with E-state index in [1.54, 1.807) is 30.3 Å². The third-order valence-electron chi connectivity index (χ3n) is 9.93. The van der Waals surface area contributed by atoms with Crippen molar-refractivity contribution >= 4 is 56.1 Å². The predicted molar refractivity (Wildman–Crippen MR) is 214 cm³/mol. The Morgan fingerprint density at radius 2 is 1.37 bits per heavy atom. The fraction of sp³-hybridized carbons (Fsp3) is 0.114. The van der Waals surface area contributed by atoms with Crippen molar-refractivity contribution in [2.75, 3.05) is 17.7 Å². The number of carboxylic acids is 1. The van der Waals surface area contributed by atoms with Gasteiger partial charge >= 0.3 is 11.9 Å². The highest BCUT2D eigenvalue weighted by molar-refractivity contribution is 6.10. The molecule has 0 spiro atoms. The van der Waals surface area contributed by atoms with Crippen molar-refractivity contribution in [1.82, 2.24) is 9.97 Å². The Morgan fingerprint density at radius 3 is 1.96 bits per heavy atom. The Bertz CT molecular complexity index is 2920. The second-order valence-corrected chi connectivity index (χ2v) is 13.3. The van der Waals surface area contributed by atoms with Crippen LogP contribution >= 0.6 is 0 Å². The van der Waals surface area contributed by atoms with Crippen LogP contribution < -0.4 is 16.1 Å². The van der Waals surface area contributed by atoms with Crippen molar-refractivity contribution in [3.05, 3.63) is 147 Å². The summed E-state index contributed by atoms with van der Waals surface area (Å²) in [5.74, 6) is -1.97. The number of aliphatic hydroxyl groups excluding tert-OH is 2. The molecule has 0 unspecified atom stereocenters. The summed E-state index contributed by atoms with van der Waals surface area (Å²) in [5.41, 5.74) is 4.43. The highest BCUT2D eigenvalue weighted by atomic mass is 16.5. The molecular weight excluding hydrogens is 729 g/mol. The number of pyridine rings is 2. The summed E-state index contributed by atoms with van der Waals surface area (Å²) in [6.45, 7) is -0.565. The van der Waals surface area contributed by atoms with Crippen LogP contribution in [0.25, 0.3) is 55.2 Å². The lowest BCUT2D eigenvalue weighted by Gasteiger charge is -2.21. The largest absolute Gasteiger partial charge is 0.507 e. The number of nitrogens with one attached hydrogen (secondary N) is 2. The number of para-hydroxylation sites is 2. The minimum absolute atomic E-state index is 0.00469. The molecular formula is C44H34N4O9. The third kappa shape index (κ3) is 6.71. The van der Waals surface area contributed by atoms with Gasteiger partial charge in [-0.1, -0.05) is 36.4 Å². The number of hydrogen-bond acceptors (Lipinski definition) is 12. The van der Waals surface area contributed by atoms with Crippen LogP contribution in [-0.4, -0.2) is 49.4 Å². The zero-order valence-electron chi connectivity index (χ0n) is 30.4. The van der Waals surface area contributed by atoms with E-state index in [1.807, 2.05) is 42.5 Å². The zero-order chi connectivity index (χ0) is 39.8. The van der Waals surface area contributed by atoms with Gasteiger partial charge < -0.3 is 40.2 Å². The van der Waals surface area contributed by atoms with E-state index in [-0.39, 0.29) is 76.6 Å². The molecule has 0 saturated heterocycles. The lowest BCUT2D eigenvalue weighted by Crippen LogP contribution is -2.15. The number of aromatic nitrogens is 2. The SMILES string of the molecule is COC(=O)c1ccc(C(=O)O)c(-c2c3ccc(=O)c(CNc4cccc5ccc(CO)nc45)c-3oc3c(CNc4cccc5ccc(CO)nc45)c(O)ccc23)c1. The fourth-order valence-corrected chi connectivity index (χ4v) is 7.12. The molecule has 13 nitrogen and oxygen atoms in total. The van der Waals surface area contributed by atoms with Crippen molar-refractivity contribution in [2.24, 2.45) is 0 Å². The average Bonchev–Trinajstić information content (AvgIpc) is 3.24. The van der Waals surface area contributed by atoms with Crippen LogP contribution in [0.4, 0.5) is 11.4 Å². The van der Waals surface area contributed by atoms with Crippen molar-refractivity contribution in [3.8, 4) is 28.2 Å². The molecule has 57 heavy (non-hydrogen) atoms. The molecule has 3 heterocycles. The van der Waals surface area contributed by atoms with Crippen molar-refractivity contribution in [2.45, 2.75) is 26.3 Å². The van der Waals surface area contributed by atoms with E-state index in [1.165, 1.54) is 37.4 Å². The number of aliphatic hydroxyl groups is 2. The van der Waals surface area contributed by atoms with E-state index >= 15 is 0 Å². The number of fused-ring (bicyclic) bond motifs is 4. The maximum absolute atomic E-state index is 13.8. The summed E-state index contributed by atoms with van der Waals surface area (Å²) in [4.78, 5) is 48.6. The molecule has 0 radical (unpaired) electrons. The highest BCUT2D eigenvalue weighted by Crippen LogP contribution is 2.45. The average molecular weight is 763 g/mol. The molecule has 1 aliphatic carbocycles. The summed E-state index contributed by atoms with van der Waals surface area (Å²) < 4.78 is 11.7. The molecule has 2 aromatic heterocycles. The first-order chi connectivity index (χ1) is 27.7. The number of hydrogen-bond donors (Lipinski definition) is 6. The van der Waals surface area contributed by atoms with Crippen molar-refractivity contribution in [1.29, 1.82) is 0 Å². The number of phenolic OH excluding ortho intramolecular Hbond substituents is 1. The fourth-order valence-electron chi connectivity index (χ4n) is 7.12. The second-order valence-electron chi connectivity index (χ2n) is 13.3. The number of phenols is 1. The van der Waals surface area contributed by atoms with Crippen LogP contribution in [0.1, 0.15) is 43.2 Å². The number of methoxy groups -OCH3 is 1. The number of carbonyl (C=O) groups excluding carboxylic acids is 1. The van der Waals surface area contributed by atoms with Gasteiger partial charge in [0.05, 0.1) is 76.4 Å². The van der Waals surface area contributed by atoms with Gasteiger partial charge in [0.15, 0.2) is 5.43 Å². The molecule has 13 heteroatoms. The highest BCUT2D eigenvalue weighted by Gasteiger charge is 2.27. The van der Waals surface area contributed by atoms with Gasteiger partial charge in [-0.05, 0) is 72.3 Å². The van der Waals surface area contributed by atoms with E-state index < -0.39 is 11.9 Å². The number of carboxylic acid groups (broad SMARTS) is 1. The molecule has 6 N–H and O–H groups in total. The Morgan fingerprint density at radius 1 is 0.737 bits per heavy atom. The van der Waals surface area contributed by atoms with Gasteiger partial charge in [-0.15, -0.1) is 0 Å². The molecule has 0 bridgehead atoms. The molecule has 8 rings (SSSR count). The van der Waals surface area contributed by atoms with Crippen LogP contribution in [0, 0.1) is 0 Å². The van der Waals surface area contributed by atoms with Gasteiger partial charge in [0.1, 0.15) is 17.1 Å². The third-order valence-corrected chi connectivity index (χ3v) is 9.93. The molecule has 6 aromatic rings. The van der Waals surface area contributed by atoms with Gasteiger partial charge in [0, 0.05) is 40.4 Å². The van der Waals surface area contributed by atoms with Crippen LogP contribution in [0.15, 0.2) is 112 Å². The van der Waals surface area contributed by atoms with Crippen LogP contribution in [0.5, 0.6) is 5.75 Å². The second kappa shape index (κ2) is 15.1. The normalized spacial score (nSPS) is 11.4. The summed E-state index contributed by atoms with van der Waals surface area (Å²) in [6, 6.07) is 28.3. The number of benzene rings is 5. The van der Waals surface area contributed by atoms with Gasteiger partial charge in [-0.2, -0.15) is 0 Å². The maximum Gasteiger partial charge on any atom is 0.337 e. The Kier molecular flexibility index (Phi) is 9.67. The summed E-state index contributed by atoms with van der Waals surface area (Å²) in [7, 11) is 1.22. The molecule has 0 amide bonds. The molecule has 2 aliphatic rings. The van der Waals surface area contributed by atoms with Crippen LogP contribution in [0.2, 0.25) is 0 Å². The van der Waals surface area contributed by atoms with E-state index in [2.05, 4.69) is 20.6 Å². The topological polar surface area (TPSA) is 204 Å². The summed E-state index contributed by atoms with van der Waals surface area (Å²) >= 11 is 0. The molecule has 0 fully saturated rings. The summed E-state index contributed by atoms with van der Waals surface area (Å²) in [6.07, 6.45) is 0. The number of aromatic hydroxyl groups is 1. The monoisotopic (exact) mass is 762 g/mol. The van der Waals surface area contributed by atoms with Gasteiger partial charge in [-0.3, -0.25) is 4.79 Å². The van der Waals surface area contributed by atoms with Gasteiger partial charge in [0.25, 0.3) is 0 Å². The van der Waals surface area contributed by atoms with E-state index in [0.717, 1.165) is 10.8 Å². The lowest BCUT2D eigenvalue weighted by atomic mass is 9.87. The Labute approximate surface area is 323 Å². The quantitative estimate of drug-likeness (QED) is 0.0578. The van der Waals surface area contributed by atoms with Crippen LogP contribution in [-0.2, 0) is 31.0 Å². The lowest BCUT2D eigenvalue weighted by molar-refractivity contribution is 0.0598. The van der Waals surface area contributed by atoms with Crippen molar-refractivity contribution in [3.63, 3.8) is 0 Å². The van der Waals surface area contributed by atoms with E-state index in [0.29, 0.717) is 50.3 Å². The Hall–Kier alpha value is -7.35. The van der Waals surface area contributed by atoms with Gasteiger partial charge in [-0.25, -0.2) is 19.6 Å². The number of esters is 1. The smallest absolute Gasteiger partial charge is 0.337 e. The first-order valence-electron chi connectivity index (χ1n) is 17.8. The standard InChI is InChI=1S/C44H34N4O9/c1-56-44(55)25-10-13-28(43(53)54)31(18-25)38-29-14-16-36(51)32(19-45-34-6-2-4-23-8-11-26(21-49)47-39(23)34)41(29)57-42-30(38)15-17-37(52)33(42)20-46-35-7-3-5-24-9-12-27(22-50)48-40(24)35/h2-18,45-46,49-51H,19-22H2,1H3,(H,53,54). The number of carbonyl (C=O) groups is 2. The summed E-state index contributed by atoms with van der Waals surface area (Å²) in [5, 5.41) is 50.0. The predicted octanol–water partition coefficient (Wildman–Crippen LogP) is 7.06. The molecule has 4 aromatic carbocycles. The minimum atomic E-state index is -1.26. The number of nitrogens with zero attached hydrogens (tertiary/aromatic N) is 2. The number of rotatable bonds is 11. The number of aromatic carboxylic acids is 1. The molecule has 0 atom stereocenters. The molecule has 0 saturated carbocycles. The minimum Gasteiger partial charge on any atom is -0.507 e.